The third-order valence-electron chi connectivity index (χ3n) is 14.3. The summed E-state index contributed by atoms with van der Waals surface area (Å²) in [7, 11) is 4.71. The van der Waals surface area contributed by atoms with E-state index in [-0.39, 0.29) is 17.1 Å². The summed E-state index contributed by atoms with van der Waals surface area (Å²) >= 11 is 0. The quantitative estimate of drug-likeness (QED) is 0.111. The molecular formula is C60H63N21O6. The van der Waals surface area contributed by atoms with Crippen LogP contribution in [0.25, 0.3) is 34.1 Å². The Kier molecular flexibility index (Phi) is 17.1. The van der Waals surface area contributed by atoms with Crippen molar-refractivity contribution in [1.29, 1.82) is 0 Å². The van der Waals surface area contributed by atoms with Gasteiger partial charge >= 0.3 is 17.1 Å². The monoisotopic (exact) mass is 1170 g/mol. The first-order chi connectivity index (χ1) is 41.8. The summed E-state index contributed by atoms with van der Waals surface area (Å²) in [5, 5.41) is 48.0. The lowest BCUT2D eigenvalue weighted by molar-refractivity contribution is 0.302. The van der Waals surface area contributed by atoms with Gasteiger partial charge < -0.3 is 14.2 Å². The van der Waals surface area contributed by atoms with Gasteiger partial charge in [0.25, 0.3) is 0 Å². The molecule has 0 atom stereocenters. The molecule has 0 amide bonds. The standard InChI is InChI=1S/3C20H21N7O2/c1-13-6-5-7-18(27-20(28)25(4)23-24-27)17(13)12-29-19-9-8-16(10-14(19)2)26-11-15(3)21-22-26;1-13-6-5-7-18(27-20(28)25(4)23-24-27)17(13)12-29-19-9-8-16(10-14(19)2)26-15(3)11-21-22-26;1-13-6-5-7-18(26-20(28)25(4)23-24-26)17(13)12-29-19-9-8-16(10-14(19)2)27-21-11-15(3)22-27/h3*5-11H,12H2,1-4H3. The Labute approximate surface area is 497 Å². The van der Waals surface area contributed by atoms with Gasteiger partial charge in [0.2, 0.25) is 0 Å². The maximum absolute atomic E-state index is 12.3. The van der Waals surface area contributed by atoms with Crippen LogP contribution in [-0.2, 0) is 41.0 Å². The van der Waals surface area contributed by atoms with E-state index in [4.69, 9.17) is 14.2 Å². The molecule has 6 aromatic carbocycles. The summed E-state index contributed by atoms with van der Waals surface area (Å²) in [6.45, 7) is 18.5. The van der Waals surface area contributed by atoms with Gasteiger partial charge in [-0.1, -0.05) is 46.8 Å². The number of hydrogen-bond donors (Lipinski definition) is 0. The molecule has 444 valence electrons. The minimum Gasteiger partial charge on any atom is -0.489 e. The van der Waals surface area contributed by atoms with Crippen LogP contribution in [-0.4, -0.2) is 104 Å². The Morgan fingerprint density at radius 1 is 0.402 bits per heavy atom. The molecule has 0 saturated heterocycles. The molecule has 0 aliphatic heterocycles. The van der Waals surface area contributed by atoms with E-state index in [2.05, 4.69) is 62.1 Å². The van der Waals surface area contributed by atoms with E-state index in [0.29, 0.717) is 36.9 Å². The molecule has 0 bridgehead atoms. The molecule has 0 N–H and O–H groups in total. The first kappa shape index (κ1) is 58.9. The summed E-state index contributed by atoms with van der Waals surface area (Å²) < 4.78 is 29.2. The second-order valence-electron chi connectivity index (χ2n) is 20.7. The molecule has 0 radical (unpaired) electrons. The van der Waals surface area contributed by atoms with Gasteiger partial charge in [0.05, 0.1) is 69.8 Å². The molecule has 87 heavy (non-hydrogen) atoms. The van der Waals surface area contributed by atoms with Gasteiger partial charge in [-0.3, -0.25) is 0 Å². The predicted octanol–water partition coefficient (Wildman–Crippen LogP) is 6.15. The summed E-state index contributed by atoms with van der Waals surface area (Å²) in [6.07, 6.45) is 5.30. The molecule has 12 rings (SSSR count). The second-order valence-corrected chi connectivity index (χ2v) is 20.7. The predicted molar refractivity (Wildman–Crippen MR) is 320 cm³/mol. The summed E-state index contributed by atoms with van der Waals surface area (Å²) in [5.74, 6) is 2.26. The average Bonchev–Trinajstić information content (AvgIpc) is 3.48. The van der Waals surface area contributed by atoms with Crippen LogP contribution in [0.4, 0.5) is 0 Å². The minimum atomic E-state index is -0.306. The van der Waals surface area contributed by atoms with E-state index in [1.807, 2.05) is 178 Å². The Hall–Kier alpha value is -11.3. The number of hydrogen-bond acceptors (Lipinski definition) is 18. The third-order valence-corrected chi connectivity index (χ3v) is 14.3. The number of tetrazole rings is 3. The van der Waals surface area contributed by atoms with E-state index < -0.39 is 0 Å². The van der Waals surface area contributed by atoms with Crippen molar-refractivity contribution in [2.24, 2.45) is 21.1 Å². The molecule has 6 heterocycles. The lowest BCUT2D eigenvalue weighted by atomic mass is 10.1. The summed E-state index contributed by atoms with van der Waals surface area (Å²) in [4.78, 5) is 38.4. The van der Waals surface area contributed by atoms with Crippen LogP contribution in [0.3, 0.4) is 0 Å². The zero-order chi connectivity index (χ0) is 61.6. The van der Waals surface area contributed by atoms with Crippen LogP contribution >= 0.6 is 0 Å². The fourth-order valence-corrected chi connectivity index (χ4v) is 9.33. The molecule has 27 nitrogen and oxygen atoms in total. The molecule has 0 aliphatic carbocycles. The van der Waals surface area contributed by atoms with Crippen molar-refractivity contribution in [3.05, 3.63) is 226 Å². The van der Waals surface area contributed by atoms with Crippen LogP contribution in [0.5, 0.6) is 17.2 Å². The van der Waals surface area contributed by atoms with E-state index in [9.17, 15) is 14.4 Å². The third kappa shape index (κ3) is 12.8. The second kappa shape index (κ2) is 25.3. The van der Waals surface area contributed by atoms with Crippen molar-refractivity contribution in [2.45, 2.75) is 82.1 Å². The topological polar surface area (TPSA) is 278 Å². The lowest BCUT2D eigenvalue weighted by Crippen LogP contribution is -2.23. The Bertz CT molecular complexity index is 4430. The van der Waals surface area contributed by atoms with Gasteiger partial charge in [-0.15, -0.1) is 10.2 Å². The highest BCUT2D eigenvalue weighted by atomic mass is 16.5. The fourth-order valence-electron chi connectivity index (χ4n) is 9.33. The van der Waals surface area contributed by atoms with Crippen LogP contribution in [0.2, 0.25) is 0 Å². The number of nitrogens with zero attached hydrogens (tertiary/aromatic N) is 21. The van der Waals surface area contributed by atoms with Crippen LogP contribution in [0, 0.1) is 62.3 Å². The van der Waals surface area contributed by atoms with E-state index in [0.717, 1.165) is 101 Å². The Morgan fingerprint density at radius 2 is 0.816 bits per heavy atom. The molecule has 0 spiro atoms. The fraction of sp³-hybridized carbons (Fsp3) is 0.250. The zero-order valence-corrected chi connectivity index (χ0v) is 50.1. The maximum Gasteiger partial charge on any atom is 0.368 e. The van der Waals surface area contributed by atoms with E-state index >= 15 is 0 Å². The summed E-state index contributed by atoms with van der Waals surface area (Å²) in [5.41, 5.74) is 15.0. The normalized spacial score (nSPS) is 11.0. The highest BCUT2D eigenvalue weighted by Crippen LogP contribution is 2.28. The van der Waals surface area contributed by atoms with Crippen molar-refractivity contribution in [3.8, 4) is 51.4 Å². The Balaban J connectivity index is 0.000000144. The lowest BCUT2D eigenvalue weighted by Gasteiger charge is -2.15. The highest BCUT2D eigenvalue weighted by molar-refractivity contribution is 5.50. The van der Waals surface area contributed by atoms with Crippen LogP contribution in [0.15, 0.2) is 142 Å². The number of rotatable bonds is 15. The van der Waals surface area contributed by atoms with Crippen LogP contribution in [0.1, 0.15) is 67.2 Å². The number of benzene rings is 6. The molecule has 12 aromatic rings. The van der Waals surface area contributed by atoms with Crippen molar-refractivity contribution in [2.75, 3.05) is 0 Å². The smallest absolute Gasteiger partial charge is 0.368 e. The SMILES string of the molecule is Cc1cc(-n2nncc2C)ccc1OCc1c(C)cccc1-n1nnn(C)c1=O.Cc1cn(-c2ccc(OCc3c(C)cccc3-n3nnn(C)c3=O)c(C)c2)nn1.Cc1cnn(-c2ccc(OCc3c(C)cccc3-n3nnn(C)c3=O)c(C)c2)n1. The van der Waals surface area contributed by atoms with E-state index in [1.165, 1.54) is 28.1 Å². The van der Waals surface area contributed by atoms with Gasteiger partial charge in [0.1, 0.15) is 37.1 Å². The van der Waals surface area contributed by atoms with Gasteiger partial charge in [0, 0.05) is 37.8 Å². The number of aromatic nitrogens is 21. The van der Waals surface area contributed by atoms with Gasteiger partial charge in [-0.05, 0) is 200 Å². The van der Waals surface area contributed by atoms with Crippen LogP contribution < -0.4 is 31.3 Å². The number of ether oxygens (including phenoxy) is 3. The molecule has 0 fully saturated rings. The van der Waals surface area contributed by atoms with Gasteiger partial charge in [-0.2, -0.15) is 43.1 Å². The summed E-state index contributed by atoms with van der Waals surface area (Å²) in [6, 6.07) is 34.6. The molecular weight excluding hydrogens is 1110 g/mol. The average molecular weight is 1170 g/mol. The van der Waals surface area contributed by atoms with Crippen molar-refractivity contribution in [3.63, 3.8) is 0 Å². The van der Waals surface area contributed by atoms with E-state index in [1.54, 1.807) is 47.7 Å². The molecule has 27 heteroatoms. The first-order valence-corrected chi connectivity index (χ1v) is 27.4. The highest BCUT2D eigenvalue weighted by Gasteiger charge is 2.18. The molecule has 0 aliphatic rings. The number of aryl methyl sites for hydroxylation is 12. The first-order valence-electron chi connectivity index (χ1n) is 27.4. The van der Waals surface area contributed by atoms with Crippen molar-refractivity contribution >= 4 is 0 Å². The zero-order valence-electron chi connectivity index (χ0n) is 50.1. The van der Waals surface area contributed by atoms with Gasteiger partial charge in [-0.25, -0.2) is 23.7 Å². The largest absolute Gasteiger partial charge is 0.489 e. The maximum atomic E-state index is 12.3. The van der Waals surface area contributed by atoms with Crippen molar-refractivity contribution < 1.29 is 14.2 Å². The molecule has 6 aromatic heterocycles. The molecule has 0 saturated carbocycles. The van der Waals surface area contributed by atoms with Crippen molar-refractivity contribution in [1.82, 2.24) is 104 Å². The Morgan fingerprint density at radius 3 is 1.17 bits per heavy atom. The minimum absolute atomic E-state index is 0.296. The van der Waals surface area contributed by atoms with Gasteiger partial charge in [0.15, 0.2) is 0 Å². The molecule has 0 unspecified atom stereocenters.